The second kappa shape index (κ2) is 6.98. The minimum atomic E-state index is -0.829. The average molecular weight is 290 g/mol. The first-order valence-corrected chi connectivity index (χ1v) is 6.66. The van der Waals surface area contributed by atoms with Crippen LogP contribution in [0.3, 0.4) is 0 Å². The Morgan fingerprint density at radius 3 is 2.39 bits per heavy atom. The quantitative estimate of drug-likeness (QED) is 0.873. The van der Waals surface area contributed by atoms with Crippen LogP contribution in [0, 0.1) is 0 Å². The molecule has 5 heteroatoms. The highest BCUT2D eigenvalue weighted by Gasteiger charge is 2.24. The van der Waals surface area contributed by atoms with Gasteiger partial charge in [-0.2, -0.15) is 0 Å². The fraction of sp³-hybridized carbons (Fsp3) is 0.462. The zero-order valence-corrected chi connectivity index (χ0v) is 12.0. The first-order valence-electron chi connectivity index (χ1n) is 5.90. The number of rotatable bonds is 6. The topological polar surface area (TPSA) is 40.5 Å². The Balaban J connectivity index is 2.93. The maximum atomic E-state index is 11.3. The number of carboxylic acids is 1. The van der Waals surface area contributed by atoms with Crippen molar-refractivity contribution in [2.75, 3.05) is 13.1 Å². The molecule has 0 saturated carbocycles. The number of nitrogens with zero attached hydrogens (tertiary/aromatic N) is 1. The fourth-order valence-electron chi connectivity index (χ4n) is 1.93. The van der Waals surface area contributed by atoms with Crippen LogP contribution in [0.5, 0.6) is 0 Å². The minimum absolute atomic E-state index is 0.382. The Bertz CT molecular complexity index is 419. The van der Waals surface area contributed by atoms with Crippen LogP contribution in [0.15, 0.2) is 18.2 Å². The van der Waals surface area contributed by atoms with Crippen LogP contribution in [0.2, 0.25) is 10.0 Å². The van der Waals surface area contributed by atoms with Gasteiger partial charge in [-0.25, -0.2) is 0 Å². The van der Waals surface area contributed by atoms with Gasteiger partial charge in [-0.05, 0) is 30.8 Å². The summed E-state index contributed by atoms with van der Waals surface area (Å²) in [5.41, 5.74) is 0.806. The standard InChI is InChI=1S/C13H17Cl2NO2/c1-3-16(4-2)12(13(17)18)7-9-5-6-10(14)8-11(9)15/h5-6,8,12H,3-4,7H2,1-2H3,(H,17,18). The summed E-state index contributed by atoms with van der Waals surface area (Å²) >= 11 is 11.9. The summed E-state index contributed by atoms with van der Waals surface area (Å²) in [6.07, 6.45) is 0.382. The van der Waals surface area contributed by atoms with Crippen molar-refractivity contribution < 1.29 is 9.90 Å². The van der Waals surface area contributed by atoms with Gasteiger partial charge in [-0.3, -0.25) is 9.69 Å². The highest BCUT2D eigenvalue weighted by Crippen LogP contribution is 2.23. The van der Waals surface area contributed by atoms with E-state index in [9.17, 15) is 9.90 Å². The van der Waals surface area contributed by atoms with E-state index in [4.69, 9.17) is 23.2 Å². The smallest absolute Gasteiger partial charge is 0.321 e. The highest BCUT2D eigenvalue weighted by atomic mass is 35.5. The number of carbonyl (C=O) groups is 1. The SMILES string of the molecule is CCN(CC)C(Cc1ccc(Cl)cc1Cl)C(=O)O. The highest BCUT2D eigenvalue weighted by molar-refractivity contribution is 6.35. The second-order valence-electron chi connectivity index (χ2n) is 4.02. The van der Waals surface area contributed by atoms with Crippen LogP contribution in [-0.4, -0.2) is 35.1 Å². The molecular formula is C13H17Cl2NO2. The molecule has 1 aromatic carbocycles. The molecule has 100 valence electrons. The van der Waals surface area contributed by atoms with Gasteiger partial charge in [0.15, 0.2) is 0 Å². The summed E-state index contributed by atoms with van der Waals surface area (Å²) in [5.74, 6) is -0.829. The molecule has 1 atom stereocenters. The first kappa shape index (κ1) is 15.3. The Morgan fingerprint density at radius 1 is 1.33 bits per heavy atom. The van der Waals surface area contributed by atoms with Crippen LogP contribution in [-0.2, 0) is 11.2 Å². The van der Waals surface area contributed by atoms with Gasteiger partial charge in [-0.15, -0.1) is 0 Å². The van der Waals surface area contributed by atoms with Gasteiger partial charge < -0.3 is 5.11 Å². The zero-order valence-electron chi connectivity index (χ0n) is 10.5. The van der Waals surface area contributed by atoms with E-state index in [1.807, 2.05) is 18.7 Å². The van der Waals surface area contributed by atoms with Gasteiger partial charge in [0.2, 0.25) is 0 Å². The average Bonchev–Trinajstić information content (AvgIpc) is 2.31. The van der Waals surface area contributed by atoms with Crippen molar-refractivity contribution >= 4 is 29.2 Å². The largest absolute Gasteiger partial charge is 0.480 e. The fourth-order valence-corrected chi connectivity index (χ4v) is 2.42. The summed E-state index contributed by atoms with van der Waals surface area (Å²) in [6, 6.07) is 4.59. The van der Waals surface area contributed by atoms with Gasteiger partial charge in [0, 0.05) is 16.5 Å². The van der Waals surface area contributed by atoms with Crippen molar-refractivity contribution in [3.8, 4) is 0 Å². The van der Waals surface area contributed by atoms with E-state index in [-0.39, 0.29) is 0 Å². The molecule has 0 aromatic heterocycles. The van der Waals surface area contributed by atoms with Crippen molar-refractivity contribution in [1.82, 2.24) is 4.90 Å². The van der Waals surface area contributed by atoms with E-state index >= 15 is 0 Å². The van der Waals surface area contributed by atoms with Crippen molar-refractivity contribution in [3.63, 3.8) is 0 Å². The van der Waals surface area contributed by atoms with Crippen molar-refractivity contribution in [2.24, 2.45) is 0 Å². The third-order valence-electron chi connectivity index (χ3n) is 2.97. The van der Waals surface area contributed by atoms with Crippen molar-refractivity contribution in [3.05, 3.63) is 33.8 Å². The molecule has 0 bridgehead atoms. The molecule has 0 aliphatic rings. The van der Waals surface area contributed by atoms with E-state index in [0.717, 1.165) is 5.56 Å². The monoisotopic (exact) mass is 289 g/mol. The number of aliphatic carboxylic acids is 1. The molecule has 18 heavy (non-hydrogen) atoms. The van der Waals surface area contributed by atoms with Gasteiger partial charge in [0.1, 0.15) is 6.04 Å². The predicted octanol–water partition coefficient (Wildman–Crippen LogP) is 3.33. The van der Waals surface area contributed by atoms with E-state index in [1.165, 1.54) is 0 Å². The number of carboxylic acid groups (broad SMARTS) is 1. The summed E-state index contributed by atoms with van der Waals surface area (Å²) in [6.45, 7) is 5.28. The summed E-state index contributed by atoms with van der Waals surface area (Å²) < 4.78 is 0. The maximum Gasteiger partial charge on any atom is 0.321 e. The van der Waals surface area contributed by atoms with Crippen LogP contribution in [0.4, 0.5) is 0 Å². The molecule has 0 amide bonds. The summed E-state index contributed by atoms with van der Waals surface area (Å²) in [5, 5.41) is 10.4. The molecule has 1 aromatic rings. The van der Waals surface area contributed by atoms with E-state index < -0.39 is 12.0 Å². The van der Waals surface area contributed by atoms with Gasteiger partial charge in [-0.1, -0.05) is 43.1 Å². The lowest BCUT2D eigenvalue weighted by molar-refractivity contribution is -0.143. The molecule has 1 rings (SSSR count). The lowest BCUT2D eigenvalue weighted by atomic mass is 10.0. The number of halogens is 2. The van der Waals surface area contributed by atoms with Crippen molar-refractivity contribution in [1.29, 1.82) is 0 Å². The zero-order chi connectivity index (χ0) is 13.7. The lowest BCUT2D eigenvalue weighted by Gasteiger charge is -2.26. The normalized spacial score (nSPS) is 12.7. The van der Waals surface area contributed by atoms with Crippen molar-refractivity contribution in [2.45, 2.75) is 26.3 Å². The molecule has 0 aliphatic heterocycles. The van der Waals surface area contributed by atoms with E-state index in [2.05, 4.69) is 0 Å². The Morgan fingerprint density at radius 2 is 1.94 bits per heavy atom. The number of likely N-dealkylation sites (N-methyl/N-ethyl adjacent to an activating group) is 1. The minimum Gasteiger partial charge on any atom is -0.480 e. The maximum absolute atomic E-state index is 11.3. The van der Waals surface area contributed by atoms with Gasteiger partial charge in [0.25, 0.3) is 0 Å². The third kappa shape index (κ3) is 3.87. The number of hydrogen-bond donors (Lipinski definition) is 1. The number of hydrogen-bond acceptors (Lipinski definition) is 2. The first-order chi connectivity index (χ1) is 8.49. The third-order valence-corrected chi connectivity index (χ3v) is 3.55. The van der Waals surface area contributed by atoms with E-state index in [0.29, 0.717) is 29.6 Å². The second-order valence-corrected chi connectivity index (χ2v) is 4.86. The molecule has 0 fully saturated rings. The molecule has 3 nitrogen and oxygen atoms in total. The van der Waals surface area contributed by atoms with Gasteiger partial charge >= 0.3 is 5.97 Å². The molecule has 0 spiro atoms. The van der Waals surface area contributed by atoms with Gasteiger partial charge in [0.05, 0.1) is 0 Å². The van der Waals surface area contributed by atoms with E-state index in [1.54, 1.807) is 18.2 Å². The van der Waals surface area contributed by atoms with Crippen LogP contribution >= 0.6 is 23.2 Å². The molecule has 0 radical (unpaired) electrons. The molecule has 1 unspecified atom stereocenters. The Hall–Kier alpha value is -0.770. The summed E-state index contributed by atoms with van der Waals surface area (Å²) in [7, 11) is 0. The molecule has 0 saturated heterocycles. The lowest BCUT2D eigenvalue weighted by Crippen LogP contribution is -2.42. The predicted molar refractivity (Wildman–Crippen MR) is 74.5 cm³/mol. The van der Waals surface area contributed by atoms with Crippen LogP contribution < -0.4 is 0 Å². The Kier molecular flexibility index (Phi) is 5.93. The van der Waals surface area contributed by atoms with Crippen LogP contribution in [0.1, 0.15) is 19.4 Å². The molecule has 1 N–H and O–H groups in total. The van der Waals surface area contributed by atoms with Crippen LogP contribution in [0.25, 0.3) is 0 Å². The molecule has 0 heterocycles. The number of benzene rings is 1. The molecule has 0 aliphatic carbocycles. The Labute approximate surface area is 117 Å². The molecular weight excluding hydrogens is 273 g/mol. The summed E-state index contributed by atoms with van der Waals surface area (Å²) in [4.78, 5) is 13.2.